The summed E-state index contributed by atoms with van der Waals surface area (Å²) in [6, 6.07) is 7.96. The third-order valence-corrected chi connectivity index (χ3v) is 5.49. The number of nitriles is 1. The molecule has 1 atom stereocenters. The standard InChI is InChI=1S/C19H17N3O4S/c1-10(26-19(25)12-5-2-4-11(8-12)9-20)17(24)22-18-15(16(21)23)13-6-3-7-14(13)27-18/h2,4-5,8,10H,3,6-7H2,1H3,(H2,21,23)(H,22,24)/t10-/m0/s1. The predicted octanol–water partition coefficient (Wildman–Crippen LogP) is 2.39. The Morgan fingerprint density at radius 2 is 2.11 bits per heavy atom. The molecular formula is C19H17N3O4S. The number of anilines is 1. The number of hydrogen-bond acceptors (Lipinski definition) is 6. The van der Waals surface area contributed by atoms with E-state index in [2.05, 4.69) is 5.32 Å². The topological polar surface area (TPSA) is 122 Å². The third kappa shape index (κ3) is 3.83. The largest absolute Gasteiger partial charge is 0.449 e. The number of esters is 1. The number of ether oxygens (including phenoxy) is 1. The molecule has 1 aromatic heterocycles. The molecule has 3 N–H and O–H groups in total. The second kappa shape index (κ2) is 7.60. The molecule has 0 aliphatic heterocycles. The second-order valence-electron chi connectivity index (χ2n) is 6.16. The SMILES string of the molecule is C[C@H](OC(=O)c1cccc(C#N)c1)C(=O)Nc1sc2c(c1C(N)=O)CCC2. The number of rotatable bonds is 5. The Kier molecular flexibility index (Phi) is 5.23. The molecule has 1 aliphatic rings. The lowest BCUT2D eigenvalue weighted by Gasteiger charge is -2.13. The maximum absolute atomic E-state index is 12.4. The maximum Gasteiger partial charge on any atom is 0.338 e. The van der Waals surface area contributed by atoms with Crippen molar-refractivity contribution in [1.82, 2.24) is 0 Å². The Hall–Kier alpha value is -3.18. The lowest BCUT2D eigenvalue weighted by atomic mass is 10.1. The summed E-state index contributed by atoms with van der Waals surface area (Å²) in [6.45, 7) is 1.44. The number of fused-ring (bicyclic) bond motifs is 1. The molecule has 3 rings (SSSR count). The molecule has 7 nitrogen and oxygen atoms in total. The van der Waals surface area contributed by atoms with Crippen LogP contribution in [0.4, 0.5) is 5.00 Å². The fraction of sp³-hybridized carbons (Fsp3) is 0.263. The molecule has 0 unspecified atom stereocenters. The highest BCUT2D eigenvalue weighted by atomic mass is 32.1. The monoisotopic (exact) mass is 383 g/mol. The summed E-state index contributed by atoms with van der Waals surface area (Å²) < 4.78 is 5.18. The molecule has 1 heterocycles. The highest BCUT2D eigenvalue weighted by molar-refractivity contribution is 7.17. The van der Waals surface area contributed by atoms with Gasteiger partial charge in [0.15, 0.2) is 6.10 Å². The van der Waals surface area contributed by atoms with E-state index in [0.717, 1.165) is 29.7 Å². The lowest BCUT2D eigenvalue weighted by Crippen LogP contribution is -2.30. The number of carbonyl (C=O) groups excluding carboxylic acids is 3. The van der Waals surface area contributed by atoms with Gasteiger partial charge in [0.2, 0.25) is 0 Å². The highest BCUT2D eigenvalue weighted by Crippen LogP contribution is 2.38. The molecule has 0 bridgehead atoms. The first-order valence-electron chi connectivity index (χ1n) is 8.37. The van der Waals surface area contributed by atoms with Crippen LogP contribution in [0.5, 0.6) is 0 Å². The Morgan fingerprint density at radius 1 is 1.33 bits per heavy atom. The van der Waals surface area contributed by atoms with Gasteiger partial charge >= 0.3 is 5.97 Å². The fourth-order valence-electron chi connectivity index (χ4n) is 2.96. The lowest BCUT2D eigenvalue weighted by molar-refractivity contribution is -0.123. The van der Waals surface area contributed by atoms with Crippen molar-refractivity contribution >= 4 is 34.1 Å². The second-order valence-corrected chi connectivity index (χ2v) is 7.26. The van der Waals surface area contributed by atoms with E-state index in [1.807, 2.05) is 6.07 Å². The summed E-state index contributed by atoms with van der Waals surface area (Å²) in [5.41, 5.74) is 7.23. The van der Waals surface area contributed by atoms with Crippen molar-refractivity contribution in [3.63, 3.8) is 0 Å². The predicted molar refractivity (Wildman–Crippen MR) is 99.5 cm³/mol. The number of nitrogens with one attached hydrogen (secondary N) is 1. The molecule has 0 saturated heterocycles. The van der Waals surface area contributed by atoms with Crippen LogP contribution in [0.2, 0.25) is 0 Å². The van der Waals surface area contributed by atoms with E-state index in [1.165, 1.54) is 30.4 Å². The zero-order valence-electron chi connectivity index (χ0n) is 14.6. The highest BCUT2D eigenvalue weighted by Gasteiger charge is 2.28. The van der Waals surface area contributed by atoms with Gasteiger partial charge in [-0.2, -0.15) is 5.26 Å². The van der Waals surface area contributed by atoms with Crippen LogP contribution in [0.25, 0.3) is 0 Å². The van der Waals surface area contributed by atoms with E-state index < -0.39 is 23.9 Å². The van der Waals surface area contributed by atoms with Gasteiger partial charge in [-0.15, -0.1) is 11.3 Å². The van der Waals surface area contributed by atoms with Crippen LogP contribution < -0.4 is 11.1 Å². The quantitative estimate of drug-likeness (QED) is 0.768. The summed E-state index contributed by atoms with van der Waals surface area (Å²) in [6.07, 6.45) is 1.50. The van der Waals surface area contributed by atoms with Crippen LogP contribution in [0.3, 0.4) is 0 Å². The molecule has 2 aromatic rings. The number of aryl methyl sites for hydroxylation is 1. The number of amides is 2. The van der Waals surface area contributed by atoms with Crippen LogP contribution in [0.1, 0.15) is 50.1 Å². The molecule has 1 aliphatic carbocycles. The van der Waals surface area contributed by atoms with E-state index in [1.54, 1.807) is 12.1 Å². The number of nitrogens with zero attached hydrogens (tertiary/aromatic N) is 1. The van der Waals surface area contributed by atoms with Crippen molar-refractivity contribution in [3.8, 4) is 6.07 Å². The van der Waals surface area contributed by atoms with Crippen molar-refractivity contribution in [3.05, 3.63) is 51.4 Å². The van der Waals surface area contributed by atoms with Gasteiger partial charge in [-0.05, 0) is 49.9 Å². The van der Waals surface area contributed by atoms with Gasteiger partial charge in [0.25, 0.3) is 11.8 Å². The van der Waals surface area contributed by atoms with Crippen LogP contribution in [-0.2, 0) is 22.4 Å². The zero-order valence-corrected chi connectivity index (χ0v) is 15.4. The van der Waals surface area contributed by atoms with Gasteiger partial charge < -0.3 is 15.8 Å². The number of thiophene rings is 1. The van der Waals surface area contributed by atoms with Crippen molar-refractivity contribution in [2.75, 3.05) is 5.32 Å². The van der Waals surface area contributed by atoms with Gasteiger partial charge in [-0.25, -0.2) is 4.79 Å². The summed E-state index contributed by atoms with van der Waals surface area (Å²) in [5, 5.41) is 11.9. The van der Waals surface area contributed by atoms with Gasteiger partial charge in [0.05, 0.1) is 22.8 Å². The zero-order chi connectivity index (χ0) is 19.6. The first-order chi connectivity index (χ1) is 12.9. The van der Waals surface area contributed by atoms with Gasteiger partial charge in [-0.1, -0.05) is 6.07 Å². The molecule has 0 radical (unpaired) electrons. The first kappa shape index (κ1) is 18.6. The number of primary amides is 1. The van der Waals surface area contributed by atoms with E-state index in [0.29, 0.717) is 16.1 Å². The number of hydrogen-bond donors (Lipinski definition) is 2. The molecular weight excluding hydrogens is 366 g/mol. The van der Waals surface area contributed by atoms with Crippen LogP contribution >= 0.6 is 11.3 Å². The Balaban J connectivity index is 1.71. The summed E-state index contributed by atoms with van der Waals surface area (Å²) in [4.78, 5) is 37.4. The van der Waals surface area contributed by atoms with Gasteiger partial charge in [0.1, 0.15) is 5.00 Å². The van der Waals surface area contributed by atoms with Crippen LogP contribution in [-0.4, -0.2) is 23.9 Å². The van der Waals surface area contributed by atoms with E-state index in [-0.39, 0.29) is 5.56 Å². The molecule has 138 valence electrons. The first-order valence-corrected chi connectivity index (χ1v) is 9.18. The van der Waals surface area contributed by atoms with Crippen molar-refractivity contribution in [1.29, 1.82) is 5.26 Å². The summed E-state index contributed by atoms with van der Waals surface area (Å²) >= 11 is 1.33. The number of carbonyl (C=O) groups is 3. The molecule has 0 fully saturated rings. The average Bonchev–Trinajstić information content (AvgIpc) is 3.21. The van der Waals surface area contributed by atoms with Crippen molar-refractivity contribution in [2.45, 2.75) is 32.3 Å². The molecule has 0 saturated carbocycles. The smallest absolute Gasteiger partial charge is 0.338 e. The minimum absolute atomic E-state index is 0.182. The molecule has 1 aromatic carbocycles. The maximum atomic E-state index is 12.4. The van der Waals surface area contributed by atoms with E-state index in [4.69, 9.17) is 15.7 Å². The summed E-state index contributed by atoms with van der Waals surface area (Å²) in [5.74, 6) is -1.84. The summed E-state index contributed by atoms with van der Waals surface area (Å²) in [7, 11) is 0. The number of nitrogens with two attached hydrogens (primary N) is 1. The van der Waals surface area contributed by atoms with Crippen molar-refractivity contribution in [2.24, 2.45) is 5.73 Å². The van der Waals surface area contributed by atoms with Gasteiger partial charge in [0, 0.05) is 4.88 Å². The molecule has 27 heavy (non-hydrogen) atoms. The van der Waals surface area contributed by atoms with Crippen molar-refractivity contribution < 1.29 is 19.1 Å². The van der Waals surface area contributed by atoms with Crippen LogP contribution in [0.15, 0.2) is 24.3 Å². The third-order valence-electron chi connectivity index (χ3n) is 4.28. The van der Waals surface area contributed by atoms with Gasteiger partial charge in [-0.3, -0.25) is 9.59 Å². The van der Waals surface area contributed by atoms with Crippen LogP contribution in [0, 0.1) is 11.3 Å². The molecule has 8 heteroatoms. The Labute approximate surface area is 159 Å². The van der Waals surface area contributed by atoms with E-state index in [9.17, 15) is 14.4 Å². The minimum atomic E-state index is -1.08. The number of benzene rings is 1. The normalized spacial score (nSPS) is 13.3. The Morgan fingerprint density at radius 3 is 2.81 bits per heavy atom. The minimum Gasteiger partial charge on any atom is -0.449 e. The molecule has 2 amide bonds. The fourth-order valence-corrected chi connectivity index (χ4v) is 4.26. The van der Waals surface area contributed by atoms with E-state index >= 15 is 0 Å². The average molecular weight is 383 g/mol. The Bertz CT molecular complexity index is 974. The molecule has 0 spiro atoms.